The molecule has 2 aliphatic rings. The zero-order valence-electron chi connectivity index (χ0n) is 48.8. The summed E-state index contributed by atoms with van der Waals surface area (Å²) in [6, 6.07) is 84.4. The molecule has 4 heteroatoms. The van der Waals surface area contributed by atoms with Gasteiger partial charge in [-0.2, -0.15) is 0 Å². The summed E-state index contributed by atoms with van der Waals surface area (Å²) >= 11 is 0. The van der Waals surface area contributed by atoms with E-state index < -0.39 is 8.07 Å². The van der Waals surface area contributed by atoms with E-state index in [2.05, 4.69) is 308 Å². The average Bonchev–Trinajstić information content (AvgIpc) is 2.18. The maximum absolute atomic E-state index is 7.59. The normalized spacial score (nSPS) is 13.2. The second kappa shape index (κ2) is 19.7. The van der Waals surface area contributed by atoms with E-state index in [9.17, 15) is 0 Å². The molecule has 0 fully saturated rings. The summed E-state index contributed by atoms with van der Waals surface area (Å²) in [5.74, 6) is 3.41. The second-order valence-electron chi connectivity index (χ2n) is 26.6. The van der Waals surface area contributed by atoms with Crippen LogP contribution in [0.5, 0.6) is 23.0 Å². The summed E-state index contributed by atoms with van der Waals surface area (Å²) in [4.78, 5) is 0. The largest absolute Gasteiger partial charge is 0.458 e. The number of fused-ring (bicyclic) bond motifs is 4. The Morgan fingerprint density at radius 2 is 0.600 bits per heavy atom. The molecule has 0 aliphatic carbocycles. The van der Waals surface area contributed by atoms with Gasteiger partial charge in [0.15, 0.2) is 8.07 Å². The molecule has 0 saturated carbocycles. The third kappa shape index (κ3) is 9.45. The van der Waals surface area contributed by atoms with Crippen LogP contribution >= 0.6 is 0 Å². The first-order valence-electron chi connectivity index (χ1n) is 28.7. The first-order valence-corrected chi connectivity index (χ1v) is 30.7. The van der Waals surface area contributed by atoms with Crippen LogP contribution in [0.2, 0.25) is 0 Å². The van der Waals surface area contributed by atoms with Gasteiger partial charge >= 0.3 is 0 Å². The molecule has 0 amide bonds. The molecule has 12 rings (SSSR count). The number of rotatable bonds is 8. The summed E-state index contributed by atoms with van der Waals surface area (Å²) in [6.07, 6.45) is 0. The predicted molar refractivity (Wildman–Crippen MR) is 344 cm³/mol. The van der Waals surface area contributed by atoms with Gasteiger partial charge in [-0.05, 0) is 127 Å². The standard InChI is InChI=1S/C76H73BO2Si/c1-73(2,3)56-41-54(42-57(47-56)74(4,5)6)52-35-39-66-68(45-52)78-71-64(50-25-17-13-18-26-50)49-65(51-33-37-63(38-34-51)80(60-27-19-14-20-28-60,61-29-21-15-22-30-61)62-31-23-16-24-32-62)72-70(71)77(66)67-40-36-53(46-69(67)79-72)55-43-58(75(7,8)9)48-59(44-55)76(10,11)12/h13-49H,1-12H3. The SMILES string of the molecule is CC(C)(C)c1cc(-c2ccc3c(c2)Oc2c(-c4ccccc4)cc(-c4ccc([Si](c5ccccc5)(c5ccccc5)c5ccccc5)cc4)c4c2B3c2ccc(-c3cc(C(C)(C)C)cc(C(C)(C)C)c3)cc2O4)cc(C(C)(C)C)c1. The monoisotopic (exact) mass is 1060 g/mol. The third-order valence-corrected chi connectivity index (χ3v) is 21.8. The van der Waals surface area contributed by atoms with E-state index in [0.29, 0.717) is 0 Å². The fourth-order valence-electron chi connectivity index (χ4n) is 12.3. The molecule has 2 aliphatic heterocycles. The van der Waals surface area contributed by atoms with Crippen LogP contribution < -0.4 is 46.6 Å². The van der Waals surface area contributed by atoms with Crippen molar-refractivity contribution >= 4 is 51.9 Å². The molecule has 80 heavy (non-hydrogen) atoms. The van der Waals surface area contributed by atoms with Gasteiger partial charge in [-0.3, -0.25) is 0 Å². The van der Waals surface area contributed by atoms with Crippen LogP contribution in [0.3, 0.4) is 0 Å². The van der Waals surface area contributed by atoms with Crippen LogP contribution in [-0.4, -0.2) is 14.8 Å². The van der Waals surface area contributed by atoms with Crippen molar-refractivity contribution < 1.29 is 9.47 Å². The van der Waals surface area contributed by atoms with Gasteiger partial charge in [0, 0.05) is 16.6 Å². The van der Waals surface area contributed by atoms with Gasteiger partial charge in [-0.15, -0.1) is 0 Å². The quantitative estimate of drug-likeness (QED) is 0.112. The van der Waals surface area contributed by atoms with Crippen molar-refractivity contribution in [3.05, 3.63) is 247 Å². The highest BCUT2D eigenvalue weighted by atomic mass is 28.3. The summed E-state index contributed by atoms with van der Waals surface area (Å²) in [5.41, 5.74) is 17.4. The van der Waals surface area contributed by atoms with Crippen LogP contribution in [-0.2, 0) is 21.7 Å². The Labute approximate surface area is 477 Å². The van der Waals surface area contributed by atoms with E-state index in [1.54, 1.807) is 0 Å². The van der Waals surface area contributed by atoms with Crippen molar-refractivity contribution in [2.45, 2.75) is 105 Å². The van der Waals surface area contributed by atoms with Gasteiger partial charge in [0.2, 0.25) is 0 Å². The molecule has 0 atom stereocenters. The molecule has 0 N–H and O–H groups in total. The van der Waals surface area contributed by atoms with E-state index in [-0.39, 0.29) is 28.4 Å². The molecule has 10 aromatic rings. The Morgan fingerprint density at radius 3 is 0.950 bits per heavy atom. The van der Waals surface area contributed by atoms with Crippen molar-refractivity contribution in [3.8, 4) is 67.5 Å². The molecule has 0 bridgehead atoms. The summed E-state index contributed by atoms with van der Waals surface area (Å²) < 4.78 is 15.1. The minimum Gasteiger partial charge on any atom is -0.458 e. The van der Waals surface area contributed by atoms with Crippen molar-refractivity contribution in [2.75, 3.05) is 0 Å². The third-order valence-electron chi connectivity index (χ3n) is 17.0. The topological polar surface area (TPSA) is 18.5 Å². The molecule has 10 aromatic carbocycles. The maximum atomic E-state index is 7.59. The Hall–Kier alpha value is -7.92. The van der Waals surface area contributed by atoms with Crippen LogP contribution in [0.15, 0.2) is 224 Å². The Balaban J connectivity index is 1.10. The van der Waals surface area contributed by atoms with Gasteiger partial charge in [-0.25, -0.2) is 0 Å². The zero-order valence-corrected chi connectivity index (χ0v) is 49.8. The average molecular weight is 1060 g/mol. The number of hydrogen-bond donors (Lipinski definition) is 0. The van der Waals surface area contributed by atoms with Crippen LogP contribution in [0.1, 0.15) is 105 Å². The minimum atomic E-state index is -2.80. The Bertz CT molecular complexity index is 3780. The second-order valence-corrected chi connectivity index (χ2v) is 30.4. The predicted octanol–water partition coefficient (Wildman–Crippen LogP) is 15.6. The van der Waals surface area contributed by atoms with Gasteiger partial charge in [0.25, 0.3) is 6.71 Å². The first kappa shape index (κ1) is 52.8. The van der Waals surface area contributed by atoms with E-state index in [1.165, 1.54) is 54.1 Å². The van der Waals surface area contributed by atoms with Gasteiger partial charge in [-0.1, -0.05) is 289 Å². The van der Waals surface area contributed by atoms with Crippen molar-refractivity contribution in [2.24, 2.45) is 0 Å². The van der Waals surface area contributed by atoms with Crippen molar-refractivity contribution in [3.63, 3.8) is 0 Å². The summed E-state index contributed by atoms with van der Waals surface area (Å²) in [6.45, 7) is 27.6. The fraction of sp³-hybridized carbons (Fsp3) is 0.211. The smallest absolute Gasteiger partial charge is 0.260 e. The summed E-state index contributed by atoms with van der Waals surface area (Å²) in [5, 5.41) is 5.35. The zero-order chi connectivity index (χ0) is 55.9. The fourth-order valence-corrected chi connectivity index (χ4v) is 17.0. The highest BCUT2D eigenvalue weighted by molar-refractivity contribution is 7.19. The van der Waals surface area contributed by atoms with Gasteiger partial charge in [0.05, 0.1) is 0 Å². The van der Waals surface area contributed by atoms with E-state index in [4.69, 9.17) is 9.47 Å². The Morgan fingerprint density at radius 1 is 0.287 bits per heavy atom. The van der Waals surface area contributed by atoms with Crippen molar-refractivity contribution in [1.82, 2.24) is 0 Å². The lowest BCUT2D eigenvalue weighted by atomic mass is 9.34. The Kier molecular flexibility index (Phi) is 13.0. The van der Waals surface area contributed by atoms with Gasteiger partial charge < -0.3 is 9.47 Å². The highest BCUT2D eigenvalue weighted by Gasteiger charge is 2.44. The molecule has 0 aromatic heterocycles. The van der Waals surface area contributed by atoms with E-state index in [1.807, 2.05) is 0 Å². The maximum Gasteiger partial charge on any atom is 0.260 e. The highest BCUT2D eigenvalue weighted by Crippen LogP contribution is 2.48. The molecular weight excluding hydrogens is 984 g/mol. The lowest BCUT2D eigenvalue weighted by Gasteiger charge is -2.36. The molecule has 396 valence electrons. The molecule has 0 radical (unpaired) electrons. The van der Waals surface area contributed by atoms with E-state index in [0.717, 1.165) is 72.8 Å². The molecular formula is C76H73BO2Si. The molecule has 0 spiro atoms. The lowest BCUT2D eigenvalue weighted by molar-refractivity contribution is 0.467. The number of benzene rings is 10. The van der Waals surface area contributed by atoms with E-state index >= 15 is 0 Å². The van der Waals surface area contributed by atoms with Crippen LogP contribution in [0.25, 0.3) is 44.5 Å². The van der Waals surface area contributed by atoms with Crippen molar-refractivity contribution in [1.29, 1.82) is 0 Å². The molecule has 0 saturated heterocycles. The molecule has 2 heterocycles. The number of ether oxygens (including phenoxy) is 2. The first-order chi connectivity index (χ1) is 38.2. The minimum absolute atomic E-state index is 0.0253. The molecule has 2 nitrogen and oxygen atoms in total. The van der Waals surface area contributed by atoms with Crippen LogP contribution in [0, 0.1) is 0 Å². The van der Waals surface area contributed by atoms with Gasteiger partial charge in [0.1, 0.15) is 23.0 Å². The molecule has 0 unspecified atom stereocenters. The summed E-state index contributed by atoms with van der Waals surface area (Å²) in [7, 11) is -2.80. The number of hydrogen-bond acceptors (Lipinski definition) is 2. The lowest BCUT2D eigenvalue weighted by Crippen LogP contribution is -2.74. The van der Waals surface area contributed by atoms with Crippen LogP contribution in [0.4, 0.5) is 0 Å².